The largest absolute Gasteiger partial charge is 0.490 e. The maximum absolute atomic E-state index is 12.9. The van der Waals surface area contributed by atoms with Gasteiger partial charge in [-0.05, 0) is 44.9 Å². The molecule has 166 valence electrons. The monoisotopic (exact) mass is 447 g/mol. The van der Waals surface area contributed by atoms with E-state index in [1.54, 1.807) is 37.8 Å². The number of benzene rings is 2. The summed E-state index contributed by atoms with van der Waals surface area (Å²) in [5, 5.41) is 11.0. The molecule has 0 spiro atoms. The minimum Gasteiger partial charge on any atom is -0.490 e. The fraction of sp³-hybridized carbons (Fsp3) is 0.381. The molecule has 2 aromatic rings. The van der Waals surface area contributed by atoms with Crippen LogP contribution in [0.1, 0.15) is 32.8 Å². The lowest BCUT2D eigenvalue weighted by atomic mass is 9.93. The second-order valence-electron chi connectivity index (χ2n) is 8.12. The molecule has 0 saturated heterocycles. The van der Waals surface area contributed by atoms with Crippen molar-refractivity contribution >= 4 is 33.0 Å². The van der Waals surface area contributed by atoms with Gasteiger partial charge in [0.25, 0.3) is 15.7 Å². The number of carbonyl (C=O) groups excluding carboxylic acids is 1. The van der Waals surface area contributed by atoms with Gasteiger partial charge in [0.2, 0.25) is 5.91 Å². The summed E-state index contributed by atoms with van der Waals surface area (Å²) in [5.74, 6) is 0.331. The Morgan fingerprint density at radius 3 is 2.58 bits per heavy atom. The number of carbonyl (C=O) groups is 1. The number of amides is 1. The van der Waals surface area contributed by atoms with E-state index in [1.807, 2.05) is 6.92 Å². The number of hydrogen-bond acceptors (Lipinski definition) is 6. The van der Waals surface area contributed by atoms with Crippen LogP contribution in [0.25, 0.3) is 0 Å². The van der Waals surface area contributed by atoms with Crippen LogP contribution in [0.5, 0.6) is 5.75 Å². The maximum Gasteiger partial charge on any atom is 0.270 e. The first-order valence-electron chi connectivity index (χ1n) is 9.83. The van der Waals surface area contributed by atoms with Gasteiger partial charge in [-0.25, -0.2) is 8.42 Å². The molecule has 1 N–H and O–H groups in total. The smallest absolute Gasteiger partial charge is 0.270 e. The molecule has 1 aliphatic heterocycles. The lowest BCUT2D eigenvalue weighted by molar-refractivity contribution is -0.385. The number of hydrogen-bond donors (Lipinski definition) is 1. The summed E-state index contributed by atoms with van der Waals surface area (Å²) in [6, 6.07) is 8.39. The van der Waals surface area contributed by atoms with Crippen molar-refractivity contribution < 1.29 is 22.9 Å². The summed E-state index contributed by atoms with van der Waals surface area (Å²) in [6.07, 6.45) is 0.752. The highest BCUT2D eigenvalue weighted by Gasteiger charge is 2.37. The van der Waals surface area contributed by atoms with Crippen LogP contribution in [-0.4, -0.2) is 32.4 Å². The number of nitro benzene ring substituents is 1. The number of ether oxygens (including phenoxy) is 1. The Hall–Kier alpha value is -3.14. The van der Waals surface area contributed by atoms with Gasteiger partial charge >= 0.3 is 0 Å². The Morgan fingerprint density at radius 2 is 1.94 bits per heavy atom. The van der Waals surface area contributed by atoms with Crippen molar-refractivity contribution in [1.29, 1.82) is 0 Å². The molecule has 0 bridgehead atoms. The number of fused-ring (bicyclic) bond motifs is 1. The van der Waals surface area contributed by atoms with Gasteiger partial charge < -0.3 is 9.64 Å². The van der Waals surface area contributed by atoms with Gasteiger partial charge in [0.1, 0.15) is 12.4 Å². The Kier molecular flexibility index (Phi) is 5.95. The molecule has 3 rings (SSSR count). The summed E-state index contributed by atoms with van der Waals surface area (Å²) in [7, 11) is -4.08. The van der Waals surface area contributed by atoms with E-state index in [0.29, 0.717) is 23.5 Å². The normalized spacial score (nSPS) is 15.6. The second kappa shape index (κ2) is 8.18. The van der Waals surface area contributed by atoms with Crippen LogP contribution < -0.4 is 14.4 Å². The number of nitrogens with one attached hydrogen (secondary N) is 1. The Labute approximate surface area is 181 Å². The number of nitro groups is 1. The first kappa shape index (κ1) is 22.5. The van der Waals surface area contributed by atoms with Crippen molar-refractivity contribution in [2.45, 2.75) is 39.0 Å². The number of aryl methyl sites for hydroxylation is 1. The van der Waals surface area contributed by atoms with Crippen LogP contribution in [0.2, 0.25) is 0 Å². The van der Waals surface area contributed by atoms with Crippen molar-refractivity contribution in [1.82, 2.24) is 0 Å². The highest BCUT2D eigenvalue weighted by molar-refractivity contribution is 7.92. The molecule has 1 heterocycles. The second-order valence-corrected chi connectivity index (χ2v) is 9.78. The van der Waals surface area contributed by atoms with Crippen LogP contribution in [0.15, 0.2) is 41.3 Å². The molecule has 0 aromatic heterocycles. The number of anilines is 2. The Bertz CT molecular complexity index is 1140. The molecular formula is C21H25N3O6S. The first-order valence-corrected chi connectivity index (χ1v) is 11.3. The molecule has 0 saturated carbocycles. The third kappa shape index (κ3) is 4.48. The van der Waals surface area contributed by atoms with Crippen molar-refractivity contribution in [3.63, 3.8) is 0 Å². The van der Waals surface area contributed by atoms with E-state index in [1.165, 1.54) is 18.2 Å². The SMILES string of the molecule is CCCN1C(=O)C(C)(C)COc2cc(NS(=O)(=O)c3cc([N+](=O)[O-])ccc3C)ccc21. The molecule has 2 aromatic carbocycles. The quantitative estimate of drug-likeness (QED) is 0.530. The summed E-state index contributed by atoms with van der Waals surface area (Å²) in [6.45, 7) is 7.80. The van der Waals surface area contributed by atoms with E-state index >= 15 is 0 Å². The topological polar surface area (TPSA) is 119 Å². The standard InChI is InChI=1S/C21H25N3O6S/c1-5-10-23-17-9-7-15(11-18(17)30-13-21(3,4)20(23)25)22-31(28,29)19-12-16(24(26)27)8-6-14(19)2/h6-9,11-12,22H,5,10,13H2,1-4H3. The fourth-order valence-electron chi connectivity index (χ4n) is 3.36. The Morgan fingerprint density at radius 1 is 1.23 bits per heavy atom. The van der Waals surface area contributed by atoms with E-state index in [-0.39, 0.29) is 28.8 Å². The average molecular weight is 448 g/mol. The van der Waals surface area contributed by atoms with Gasteiger partial charge in [-0.2, -0.15) is 0 Å². The van der Waals surface area contributed by atoms with Gasteiger partial charge in [-0.15, -0.1) is 0 Å². The highest BCUT2D eigenvalue weighted by atomic mass is 32.2. The van der Waals surface area contributed by atoms with Crippen molar-refractivity contribution in [3.05, 3.63) is 52.1 Å². The molecule has 0 fully saturated rings. The van der Waals surface area contributed by atoms with Gasteiger partial charge in [-0.1, -0.05) is 13.0 Å². The molecule has 0 aliphatic carbocycles. The van der Waals surface area contributed by atoms with E-state index in [9.17, 15) is 23.3 Å². The van der Waals surface area contributed by atoms with Crippen LogP contribution in [0, 0.1) is 22.5 Å². The van der Waals surface area contributed by atoms with Gasteiger partial charge in [0, 0.05) is 24.7 Å². The van der Waals surface area contributed by atoms with E-state index in [2.05, 4.69) is 4.72 Å². The Balaban J connectivity index is 1.98. The maximum atomic E-state index is 12.9. The molecule has 0 unspecified atom stereocenters. The van der Waals surface area contributed by atoms with Crippen molar-refractivity contribution in [2.24, 2.45) is 5.41 Å². The third-order valence-electron chi connectivity index (χ3n) is 5.03. The van der Waals surface area contributed by atoms with E-state index in [4.69, 9.17) is 4.74 Å². The van der Waals surface area contributed by atoms with E-state index in [0.717, 1.165) is 12.5 Å². The average Bonchev–Trinajstić information content (AvgIpc) is 2.78. The predicted molar refractivity (Wildman–Crippen MR) is 117 cm³/mol. The molecule has 0 atom stereocenters. The lowest BCUT2D eigenvalue weighted by Crippen LogP contribution is -2.42. The minimum atomic E-state index is -4.08. The zero-order chi connectivity index (χ0) is 23.0. The number of nitrogens with zero attached hydrogens (tertiary/aromatic N) is 2. The molecule has 1 aliphatic rings. The van der Waals surface area contributed by atoms with E-state index < -0.39 is 20.4 Å². The van der Waals surface area contributed by atoms with Crippen LogP contribution in [0.3, 0.4) is 0 Å². The molecular weight excluding hydrogens is 422 g/mol. The zero-order valence-electron chi connectivity index (χ0n) is 17.8. The molecule has 10 heteroatoms. The number of sulfonamides is 1. The van der Waals surface area contributed by atoms with Crippen LogP contribution >= 0.6 is 0 Å². The molecule has 0 radical (unpaired) electrons. The molecule has 1 amide bonds. The van der Waals surface area contributed by atoms with Crippen molar-refractivity contribution in [2.75, 3.05) is 22.8 Å². The minimum absolute atomic E-state index is 0.0614. The lowest BCUT2D eigenvalue weighted by Gasteiger charge is -2.27. The molecule has 31 heavy (non-hydrogen) atoms. The van der Waals surface area contributed by atoms with Crippen molar-refractivity contribution in [3.8, 4) is 5.75 Å². The fourth-order valence-corrected chi connectivity index (χ4v) is 4.67. The number of rotatable bonds is 6. The third-order valence-corrected chi connectivity index (χ3v) is 6.56. The van der Waals surface area contributed by atoms with Gasteiger partial charge in [0.15, 0.2) is 0 Å². The van der Waals surface area contributed by atoms with Gasteiger partial charge in [-0.3, -0.25) is 19.6 Å². The summed E-state index contributed by atoms with van der Waals surface area (Å²) in [4.78, 5) is 24.8. The van der Waals surface area contributed by atoms with Gasteiger partial charge in [0.05, 0.1) is 26.6 Å². The predicted octanol–water partition coefficient (Wildman–Crippen LogP) is 3.87. The summed E-state index contributed by atoms with van der Waals surface area (Å²) >= 11 is 0. The van der Waals surface area contributed by atoms with Crippen LogP contribution in [-0.2, 0) is 14.8 Å². The summed E-state index contributed by atoms with van der Waals surface area (Å²) < 4.78 is 34.1. The molecule has 9 nitrogen and oxygen atoms in total. The number of non-ortho nitro benzene ring substituents is 1. The first-order chi connectivity index (χ1) is 14.5. The summed E-state index contributed by atoms with van der Waals surface area (Å²) in [5.41, 5.74) is 0.145. The zero-order valence-corrected chi connectivity index (χ0v) is 18.7. The van der Waals surface area contributed by atoms with Crippen LogP contribution in [0.4, 0.5) is 17.1 Å². The highest BCUT2D eigenvalue weighted by Crippen LogP contribution is 2.38.